The molecule has 0 saturated carbocycles. The number of hydrogen-bond donors (Lipinski definition) is 0. The summed E-state index contributed by atoms with van der Waals surface area (Å²) in [5.74, 6) is 2.58. The zero-order chi connectivity index (χ0) is 16.1. The van der Waals surface area contributed by atoms with Gasteiger partial charge in [0.25, 0.3) is 0 Å². The highest BCUT2D eigenvalue weighted by atomic mass is 16.7. The smallest absolute Gasteiger partial charge is 0.368 e. The minimum atomic E-state index is -0.473. The van der Waals surface area contributed by atoms with Gasteiger partial charge in [0.15, 0.2) is 0 Å². The molecule has 4 heteroatoms. The number of carbonyl (C=O) groups is 1. The van der Waals surface area contributed by atoms with E-state index in [4.69, 9.17) is 16.0 Å². The molecular formula is C19H13NO3. The quantitative estimate of drug-likeness (QED) is 0.495. The molecule has 0 spiro atoms. The zero-order valence-corrected chi connectivity index (χ0v) is 12.2. The fourth-order valence-corrected chi connectivity index (χ4v) is 2.20. The molecule has 1 aliphatic heterocycles. The average Bonchev–Trinajstić information content (AvgIpc) is 2.95. The zero-order valence-electron chi connectivity index (χ0n) is 12.2. The third kappa shape index (κ3) is 3.30. The molecule has 0 aromatic heterocycles. The van der Waals surface area contributed by atoms with E-state index in [1.807, 2.05) is 42.5 Å². The molecular weight excluding hydrogens is 290 g/mol. The Morgan fingerprint density at radius 3 is 2.78 bits per heavy atom. The van der Waals surface area contributed by atoms with E-state index in [1.165, 1.54) is 0 Å². The Labute approximate surface area is 134 Å². The molecule has 1 heterocycles. The second-order valence-corrected chi connectivity index (χ2v) is 4.81. The van der Waals surface area contributed by atoms with Crippen molar-refractivity contribution in [2.45, 2.75) is 0 Å². The summed E-state index contributed by atoms with van der Waals surface area (Å²) in [6.45, 7) is 0.193. The van der Waals surface area contributed by atoms with Gasteiger partial charge in [0.1, 0.15) is 18.1 Å². The number of ether oxygens (including phenoxy) is 1. The molecule has 0 unspecified atom stereocenters. The fourth-order valence-electron chi connectivity index (χ4n) is 2.20. The summed E-state index contributed by atoms with van der Waals surface area (Å²) in [5.41, 5.74) is 2.55. The number of hydrogen-bond acceptors (Lipinski definition) is 4. The number of benzene rings is 2. The Morgan fingerprint density at radius 1 is 1.17 bits per heavy atom. The normalized spacial score (nSPS) is 15.0. The molecule has 0 N–H and O–H groups in total. The van der Waals surface area contributed by atoms with Crippen LogP contribution in [-0.2, 0) is 9.63 Å². The first-order valence-corrected chi connectivity index (χ1v) is 7.01. The Balaban J connectivity index is 1.93. The van der Waals surface area contributed by atoms with E-state index in [0.29, 0.717) is 17.0 Å². The summed E-state index contributed by atoms with van der Waals surface area (Å²) in [7, 11) is 0. The van der Waals surface area contributed by atoms with E-state index in [0.717, 1.165) is 11.1 Å². The number of rotatable bonds is 4. The molecule has 0 atom stereocenters. The summed E-state index contributed by atoms with van der Waals surface area (Å²) in [5, 5.41) is 3.88. The molecule has 3 rings (SSSR count). The number of nitrogens with zero attached hydrogens (tertiary/aromatic N) is 1. The SMILES string of the molecule is C#CCOc1cccc(/C=C2\C(=O)ON=C2c2ccccc2)c1. The predicted octanol–water partition coefficient (Wildman–Crippen LogP) is 3.04. The highest BCUT2D eigenvalue weighted by Gasteiger charge is 2.26. The molecule has 112 valence electrons. The van der Waals surface area contributed by atoms with E-state index in [-0.39, 0.29) is 6.61 Å². The minimum Gasteiger partial charge on any atom is -0.481 e. The van der Waals surface area contributed by atoms with Gasteiger partial charge in [0.05, 0.1) is 5.57 Å². The van der Waals surface area contributed by atoms with E-state index in [9.17, 15) is 4.79 Å². The summed E-state index contributed by atoms with van der Waals surface area (Å²) in [6.07, 6.45) is 6.91. The van der Waals surface area contributed by atoms with E-state index < -0.39 is 5.97 Å². The maximum Gasteiger partial charge on any atom is 0.368 e. The molecule has 2 aromatic rings. The van der Waals surface area contributed by atoms with Crippen molar-refractivity contribution in [2.24, 2.45) is 5.16 Å². The first-order valence-electron chi connectivity index (χ1n) is 7.01. The van der Waals surface area contributed by atoms with Crippen LogP contribution in [0.15, 0.2) is 65.3 Å². The highest BCUT2D eigenvalue weighted by molar-refractivity contribution is 6.31. The highest BCUT2D eigenvalue weighted by Crippen LogP contribution is 2.22. The van der Waals surface area contributed by atoms with Crippen molar-refractivity contribution in [3.63, 3.8) is 0 Å². The van der Waals surface area contributed by atoms with Gasteiger partial charge in [-0.15, -0.1) is 6.42 Å². The molecule has 0 aliphatic carbocycles. The van der Waals surface area contributed by atoms with Gasteiger partial charge in [-0.05, 0) is 23.8 Å². The molecule has 0 amide bonds. The van der Waals surface area contributed by atoms with Crippen LogP contribution in [-0.4, -0.2) is 18.3 Å². The van der Waals surface area contributed by atoms with Crippen molar-refractivity contribution in [2.75, 3.05) is 6.61 Å². The van der Waals surface area contributed by atoms with Crippen LogP contribution in [0.2, 0.25) is 0 Å². The van der Waals surface area contributed by atoms with Crippen LogP contribution in [0.1, 0.15) is 11.1 Å². The third-order valence-corrected chi connectivity index (χ3v) is 3.23. The van der Waals surface area contributed by atoms with Crippen molar-refractivity contribution in [1.29, 1.82) is 0 Å². The van der Waals surface area contributed by atoms with Gasteiger partial charge in [-0.3, -0.25) is 0 Å². The first-order chi connectivity index (χ1) is 11.3. The van der Waals surface area contributed by atoms with E-state index in [1.54, 1.807) is 18.2 Å². The van der Waals surface area contributed by atoms with E-state index >= 15 is 0 Å². The first kappa shape index (κ1) is 14.6. The molecule has 2 aromatic carbocycles. The van der Waals surface area contributed by atoms with Crippen LogP contribution in [0.4, 0.5) is 0 Å². The van der Waals surface area contributed by atoms with Crippen LogP contribution in [0.5, 0.6) is 5.75 Å². The third-order valence-electron chi connectivity index (χ3n) is 3.23. The van der Waals surface area contributed by atoms with Crippen LogP contribution in [0.25, 0.3) is 6.08 Å². The van der Waals surface area contributed by atoms with Gasteiger partial charge in [0, 0.05) is 5.56 Å². The summed E-state index contributed by atoms with van der Waals surface area (Å²) < 4.78 is 5.39. The van der Waals surface area contributed by atoms with Crippen molar-refractivity contribution >= 4 is 17.8 Å². The van der Waals surface area contributed by atoms with E-state index in [2.05, 4.69) is 11.1 Å². The van der Waals surface area contributed by atoms with Gasteiger partial charge in [0.2, 0.25) is 0 Å². The molecule has 0 fully saturated rings. The fraction of sp³-hybridized carbons (Fsp3) is 0.0526. The monoisotopic (exact) mass is 303 g/mol. The Morgan fingerprint density at radius 2 is 2.00 bits per heavy atom. The number of carbonyl (C=O) groups excluding carboxylic acids is 1. The van der Waals surface area contributed by atoms with Gasteiger partial charge in [-0.2, -0.15) is 0 Å². The predicted molar refractivity (Wildman–Crippen MR) is 87.8 cm³/mol. The molecule has 0 bridgehead atoms. The Kier molecular flexibility index (Phi) is 4.21. The summed E-state index contributed by atoms with van der Waals surface area (Å²) in [4.78, 5) is 16.8. The van der Waals surface area contributed by atoms with Gasteiger partial charge in [-0.25, -0.2) is 4.79 Å². The minimum absolute atomic E-state index is 0.193. The molecule has 0 saturated heterocycles. The Bertz CT molecular complexity index is 829. The molecule has 23 heavy (non-hydrogen) atoms. The van der Waals surface area contributed by atoms with Crippen LogP contribution >= 0.6 is 0 Å². The molecule has 4 nitrogen and oxygen atoms in total. The molecule has 0 radical (unpaired) electrons. The second-order valence-electron chi connectivity index (χ2n) is 4.81. The van der Waals surface area contributed by atoms with Gasteiger partial charge in [-0.1, -0.05) is 53.5 Å². The number of oxime groups is 1. The Hall–Kier alpha value is -3.32. The lowest BCUT2D eigenvalue weighted by Gasteiger charge is -2.04. The lowest BCUT2D eigenvalue weighted by Crippen LogP contribution is -2.06. The van der Waals surface area contributed by atoms with Crippen molar-refractivity contribution in [3.8, 4) is 18.1 Å². The topological polar surface area (TPSA) is 47.9 Å². The maximum absolute atomic E-state index is 12.0. The standard InChI is InChI=1S/C19H13NO3/c1-2-11-22-16-10-6-7-14(12-16)13-17-18(20-23-19(17)21)15-8-4-3-5-9-15/h1,3-10,12-13H,11H2/b17-13-. The van der Waals surface area contributed by atoms with Gasteiger partial charge < -0.3 is 9.57 Å². The molecule has 1 aliphatic rings. The number of terminal acetylenes is 1. The van der Waals surface area contributed by atoms with Crippen molar-refractivity contribution in [1.82, 2.24) is 0 Å². The van der Waals surface area contributed by atoms with Gasteiger partial charge >= 0.3 is 5.97 Å². The maximum atomic E-state index is 12.0. The van der Waals surface area contributed by atoms with Crippen molar-refractivity contribution < 1.29 is 14.4 Å². The lowest BCUT2D eigenvalue weighted by molar-refractivity contribution is -0.136. The lowest BCUT2D eigenvalue weighted by atomic mass is 10.0. The van der Waals surface area contributed by atoms with Crippen molar-refractivity contribution in [3.05, 3.63) is 71.3 Å². The second kappa shape index (κ2) is 6.63. The average molecular weight is 303 g/mol. The summed E-state index contributed by atoms with van der Waals surface area (Å²) >= 11 is 0. The van der Waals surface area contributed by atoms with Crippen LogP contribution in [0.3, 0.4) is 0 Å². The van der Waals surface area contributed by atoms with Crippen LogP contribution in [0, 0.1) is 12.3 Å². The van der Waals surface area contributed by atoms with Crippen LogP contribution < -0.4 is 4.74 Å². The largest absolute Gasteiger partial charge is 0.481 e. The summed E-state index contributed by atoms with van der Waals surface area (Å²) in [6, 6.07) is 16.7.